The van der Waals surface area contributed by atoms with Gasteiger partial charge < -0.3 is 13.3 Å². The molecule has 51 heavy (non-hydrogen) atoms. The summed E-state index contributed by atoms with van der Waals surface area (Å²) in [6.45, 7) is 0. The van der Waals surface area contributed by atoms with Crippen LogP contribution in [0.25, 0.3) is 111 Å². The van der Waals surface area contributed by atoms with E-state index in [0.29, 0.717) is 17.5 Å². The maximum atomic E-state index is 6.27. The van der Waals surface area contributed by atoms with Gasteiger partial charge in [-0.1, -0.05) is 109 Å². The van der Waals surface area contributed by atoms with Gasteiger partial charge in [0.2, 0.25) is 0 Å². The van der Waals surface area contributed by atoms with E-state index in [1.165, 1.54) is 0 Å². The first kappa shape index (κ1) is 27.9. The van der Waals surface area contributed by atoms with Crippen molar-refractivity contribution in [2.24, 2.45) is 0 Å². The largest absolute Gasteiger partial charge is 0.456 e. The summed E-state index contributed by atoms with van der Waals surface area (Å²) in [7, 11) is 0. The van der Waals surface area contributed by atoms with Crippen molar-refractivity contribution in [1.29, 1.82) is 0 Å². The van der Waals surface area contributed by atoms with Gasteiger partial charge in [-0.15, -0.1) is 0 Å². The van der Waals surface area contributed by atoms with Crippen molar-refractivity contribution in [3.63, 3.8) is 0 Å². The second kappa shape index (κ2) is 10.7. The zero-order valence-corrected chi connectivity index (χ0v) is 27.0. The van der Waals surface area contributed by atoms with E-state index >= 15 is 0 Å². The molecule has 0 aliphatic carbocycles. The Balaban J connectivity index is 1.18. The molecule has 0 aliphatic heterocycles. The lowest BCUT2D eigenvalue weighted by Crippen LogP contribution is -2.01. The molecule has 0 aliphatic rings. The Morgan fingerprint density at radius 1 is 0.294 bits per heavy atom. The molecule has 0 saturated heterocycles. The van der Waals surface area contributed by atoms with Crippen molar-refractivity contribution in [3.8, 4) is 45.3 Å². The number of nitrogens with zero attached hydrogens (tertiary/aromatic N) is 3. The minimum Gasteiger partial charge on any atom is -0.456 e. The summed E-state index contributed by atoms with van der Waals surface area (Å²) in [4.78, 5) is 15.6. The SMILES string of the molecule is c1cc(-c2nc(-c3cccc4oc5ccccc5c34)nc(-c3cccc4oc5ccccc5c34)n2)cc(-c2cccc3oc4ccccc4c23)c1. The fourth-order valence-corrected chi connectivity index (χ4v) is 7.51. The lowest BCUT2D eigenvalue weighted by molar-refractivity contribution is 0.668. The summed E-state index contributed by atoms with van der Waals surface area (Å²) in [6, 6.07) is 51.0. The third-order valence-electron chi connectivity index (χ3n) is 9.76. The standard InChI is InChI=1S/C45H25N3O3/c1-4-19-34-29(13-1)40-28(16-8-22-37(40)49-34)26-11-7-12-27(25-26)43-46-44(32-17-9-23-38-41(32)30-14-2-5-20-35(30)50-38)48-45(47-43)33-18-10-24-39-42(33)31-15-3-6-21-36(31)51-39/h1-25H. The van der Waals surface area contributed by atoms with E-state index in [1.54, 1.807) is 0 Å². The molecule has 0 amide bonds. The maximum absolute atomic E-state index is 6.27. The van der Waals surface area contributed by atoms with Crippen LogP contribution in [0.2, 0.25) is 0 Å². The van der Waals surface area contributed by atoms with Gasteiger partial charge in [-0.05, 0) is 53.6 Å². The highest BCUT2D eigenvalue weighted by atomic mass is 16.3. The number of aromatic nitrogens is 3. The highest BCUT2D eigenvalue weighted by Gasteiger charge is 2.21. The third-order valence-corrected chi connectivity index (χ3v) is 9.76. The number of hydrogen-bond acceptors (Lipinski definition) is 6. The number of hydrogen-bond donors (Lipinski definition) is 0. The first-order valence-electron chi connectivity index (χ1n) is 16.9. The molecule has 0 saturated carbocycles. The number of fused-ring (bicyclic) bond motifs is 9. The van der Waals surface area contributed by atoms with Crippen LogP contribution in [-0.4, -0.2) is 15.0 Å². The Hall–Kier alpha value is -7.05. The molecule has 238 valence electrons. The van der Waals surface area contributed by atoms with Crippen LogP contribution in [-0.2, 0) is 0 Å². The monoisotopic (exact) mass is 655 g/mol. The Labute approximate surface area is 290 Å². The van der Waals surface area contributed by atoms with Crippen LogP contribution >= 0.6 is 0 Å². The molecule has 0 fully saturated rings. The first-order valence-corrected chi connectivity index (χ1v) is 16.9. The van der Waals surface area contributed by atoms with Crippen molar-refractivity contribution >= 4 is 65.8 Å². The van der Waals surface area contributed by atoms with E-state index < -0.39 is 0 Å². The van der Waals surface area contributed by atoms with Crippen LogP contribution in [0.5, 0.6) is 0 Å². The molecular formula is C45H25N3O3. The third kappa shape index (κ3) is 4.26. The predicted octanol–water partition coefficient (Wildman–Crippen LogP) is 12.2. The molecule has 0 radical (unpaired) electrons. The van der Waals surface area contributed by atoms with Gasteiger partial charge in [0.05, 0.1) is 0 Å². The van der Waals surface area contributed by atoms with E-state index in [1.807, 2.05) is 91.0 Å². The number of furan rings is 3. The van der Waals surface area contributed by atoms with Crippen molar-refractivity contribution < 1.29 is 13.3 Å². The second-order valence-corrected chi connectivity index (χ2v) is 12.7. The molecule has 4 aromatic heterocycles. The van der Waals surface area contributed by atoms with Gasteiger partial charge in [-0.25, -0.2) is 15.0 Å². The van der Waals surface area contributed by atoms with Crippen molar-refractivity contribution in [3.05, 3.63) is 152 Å². The van der Waals surface area contributed by atoms with Crippen molar-refractivity contribution in [2.75, 3.05) is 0 Å². The first-order chi connectivity index (χ1) is 25.3. The van der Waals surface area contributed by atoms with E-state index in [0.717, 1.165) is 93.6 Å². The topological polar surface area (TPSA) is 78.1 Å². The van der Waals surface area contributed by atoms with Crippen LogP contribution in [0.15, 0.2) is 165 Å². The van der Waals surface area contributed by atoms with Crippen molar-refractivity contribution in [2.45, 2.75) is 0 Å². The Bertz CT molecular complexity index is 3040. The Morgan fingerprint density at radius 3 is 1.18 bits per heavy atom. The highest BCUT2D eigenvalue weighted by molar-refractivity contribution is 6.14. The average Bonchev–Trinajstić information content (AvgIpc) is 3.89. The van der Waals surface area contributed by atoms with Crippen LogP contribution in [0.3, 0.4) is 0 Å². The summed E-state index contributed by atoms with van der Waals surface area (Å²) in [5.41, 5.74) is 9.65. The fraction of sp³-hybridized carbons (Fsp3) is 0. The van der Waals surface area contributed by atoms with Gasteiger partial charge in [-0.3, -0.25) is 0 Å². The van der Waals surface area contributed by atoms with Gasteiger partial charge in [0, 0.05) is 49.0 Å². The molecule has 0 spiro atoms. The molecule has 6 heteroatoms. The van der Waals surface area contributed by atoms with Gasteiger partial charge in [0.1, 0.15) is 33.5 Å². The zero-order valence-electron chi connectivity index (χ0n) is 27.0. The average molecular weight is 656 g/mol. The number of rotatable bonds is 4. The lowest BCUT2D eigenvalue weighted by Gasteiger charge is -2.11. The van der Waals surface area contributed by atoms with Crippen LogP contribution in [0, 0.1) is 0 Å². The van der Waals surface area contributed by atoms with Gasteiger partial charge in [0.15, 0.2) is 17.5 Å². The summed E-state index contributed by atoms with van der Waals surface area (Å²) >= 11 is 0. The minimum absolute atomic E-state index is 0.560. The fourth-order valence-electron chi connectivity index (χ4n) is 7.51. The summed E-state index contributed by atoms with van der Waals surface area (Å²) in [6.07, 6.45) is 0. The normalized spacial score (nSPS) is 11.9. The summed E-state index contributed by atoms with van der Waals surface area (Å²) < 4.78 is 18.8. The molecule has 0 atom stereocenters. The van der Waals surface area contributed by atoms with Crippen LogP contribution < -0.4 is 0 Å². The maximum Gasteiger partial charge on any atom is 0.164 e. The summed E-state index contributed by atoms with van der Waals surface area (Å²) in [5.74, 6) is 1.69. The Kier molecular flexibility index (Phi) is 5.86. The molecule has 11 rings (SSSR count). The molecule has 7 aromatic carbocycles. The van der Waals surface area contributed by atoms with Crippen molar-refractivity contribution in [1.82, 2.24) is 15.0 Å². The van der Waals surface area contributed by atoms with E-state index in [2.05, 4.69) is 60.7 Å². The second-order valence-electron chi connectivity index (χ2n) is 12.7. The van der Waals surface area contributed by atoms with Gasteiger partial charge >= 0.3 is 0 Å². The van der Waals surface area contributed by atoms with E-state index in [-0.39, 0.29) is 0 Å². The van der Waals surface area contributed by atoms with Gasteiger partial charge in [-0.2, -0.15) is 0 Å². The van der Waals surface area contributed by atoms with Gasteiger partial charge in [0.25, 0.3) is 0 Å². The molecular weight excluding hydrogens is 631 g/mol. The molecule has 4 heterocycles. The lowest BCUT2D eigenvalue weighted by atomic mass is 9.97. The zero-order chi connectivity index (χ0) is 33.5. The number of para-hydroxylation sites is 3. The minimum atomic E-state index is 0.560. The molecule has 0 bridgehead atoms. The predicted molar refractivity (Wildman–Crippen MR) is 203 cm³/mol. The quantitative estimate of drug-likeness (QED) is 0.188. The summed E-state index contributed by atoms with van der Waals surface area (Å²) in [5, 5.41) is 6.12. The molecule has 11 aromatic rings. The molecule has 6 nitrogen and oxygen atoms in total. The van der Waals surface area contributed by atoms with Crippen LogP contribution in [0.4, 0.5) is 0 Å². The highest BCUT2D eigenvalue weighted by Crippen LogP contribution is 2.41. The number of benzene rings is 7. The van der Waals surface area contributed by atoms with Crippen LogP contribution in [0.1, 0.15) is 0 Å². The van der Waals surface area contributed by atoms with E-state index in [9.17, 15) is 0 Å². The molecule has 0 unspecified atom stereocenters. The Morgan fingerprint density at radius 2 is 0.667 bits per heavy atom. The smallest absolute Gasteiger partial charge is 0.164 e. The molecule has 0 N–H and O–H groups in total. The van der Waals surface area contributed by atoms with E-state index in [4.69, 9.17) is 28.2 Å².